The third kappa shape index (κ3) is 10.5. The maximum absolute atomic E-state index is 14.0. The van der Waals surface area contributed by atoms with Crippen LogP contribution in [0.5, 0.6) is 0 Å². The van der Waals surface area contributed by atoms with Crippen LogP contribution in [0.1, 0.15) is 73.5 Å². The van der Waals surface area contributed by atoms with E-state index in [4.69, 9.17) is 22.9 Å². The first-order chi connectivity index (χ1) is 24.6. The molecular weight excluding hydrogens is 685 g/mol. The van der Waals surface area contributed by atoms with Gasteiger partial charge in [-0.1, -0.05) is 52.0 Å². The van der Waals surface area contributed by atoms with E-state index in [9.17, 15) is 24.0 Å². The van der Waals surface area contributed by atoms with Crippen molar-refractivity contribution >= 4 is 56.9 Å². The monoisotopic (exact) mass is 734 g/mol. The van der Waals surface area contributed by atoms with E-state index in [1.807, 2.05) is 32.2 Å². The second-order valence-electron chi connectivity index (χ2n) is 13.9. The van der Waals surface area contributed by atoms with Gasteiger partial charge in [0.1, 0.15) is 12.1 Å². The molecule has 12 N–H and O–H groups in total. The molecule has 1 aliphatic heterocycles. The molecule has 1 aromatic carbocycles. The zero-order valence-corrected chi connectivity index (χ0v) is 30.7. The van der Waals surface area contributed by atoms with E-state index in [1.54, 1.807) is 32.0 Å². The highest BCUT2D eigenvalue weighted by Gasteiger charge is 2.33. The van der Waals surface area contributed by atoms with E-state index >= 15 is 0 Å². The molecule has 0 spiro atoms. The number of amides is 4. The fraction of sp³-hybridized carbons (Fsp3) is 0.472. The minimum Gasteiger partial charge on any atom is -0.384 e. The number of nitrogens with two attached hydrogens (primary N) is 4. The molecule has 1 aliphatic carbocycles. The predicted octanol–water partition coefficient (Wildman–Crippen LogP) is 1.10. The highest BCUT2D eigenvalue weighted by molar-refractivity contribution is 7.20. The van der Waals surface area contributed by atoms with Crippen molar-refractivity contribution in [3.8, 4) is 0 Å². The number of carbonyl (C=O) groups excluding carboxylic acids is 5. The van der Waals surface area contributed by atoms with Crippen molar-refractivity contribution < 1.29 is 24.0 Å². The molecule has 0 radical (unpaired) electrons. The van der Waals surface area contributed by atoms with E-state index in [0.717, 1.165) is 16.9 Å². The Kier molecular flexibility index (Phi) is 13.7. The van der Waals surface area contributed by atoms with Crippen LogP contribution in [-0.4, -0.2) is 77.1 Å². The Labute approximate surface area is 307 Å². The Bertz CT molecular complexity index is 1780. The summed E-state index contributed by atoms with van der Waals surface area (Å²) in [5.74, 6) is -2.78. The van der Waals surface area contributed by atoms with E-state index in [0.29, 0.717) is 29.5 Å². The molecule has 280 valence electrons. The summed E-state index contributed by atoms with van der Waals surface area (Å²) in [4.78, 5) is 74.4. The van der Waals surface area contributed by atoms with Crippen molar-refractivity contribution in [1.82, 2.24) is 26.3 Å². The summed E-state index contributed by atoms with van der Waals surface area (Å²) in [6.07, 6.45) is 11.1. The van der Waals surface area contributed by atoms with Crippen LogP contribution < -0.4 is 44.2 Å². The Hall–Kier alpha value is -5.09. The van der Waals surface area contributed by atoms with Crippen LogP contribution in [0, 0.1) is 17.8 Å². The van der Waals surface area contributed by atoms with Crippen LogP contribution in [0.15, 0.2) is 59.3 Å². The fourth-order valence-corrected chi connectivity index (χ4v) is 7.10. The zero-order chi connectivity index (χ0) is 38.1. The molecule has 0 saturated carbocycles. The second-order valence-corrected chi connectivity index (χ2v) is 14.9. The lowest BCUT2D eigenvalue weighted by molar-refractivity contribution is -0.130. The third-order valence-corrected chi connectivity index (χ3v) is 9.89. The molecule has 2 heterocycles. The number of guanidine groups is 1. The molecule has 15 nitrogen and oxygen atoms in total. The molecular formula is C36H50N10O5S. The Morgan fingerprint density at radius 3 is 2.35 bits per heavy atom. The lowest BCUT2D eigenvalue weighted by atomic mass is 9.88. The molecule has 2 unspecified atom stereocenters. The maximum Gasteiger partial charge on any atom is 0.251 e. The number of benzene rings is 1. The van der Waals surface area contributed by atoms with E-state index in [1.165, 1.54) is 0 Å². The number of nitrogens with zero attached hydrogens (tertiary/aromatic N) is 2. The highest BCUT2D eigenvalue weighted by atomic mass is 32.1. The van der Waals surface area contributed by atoms with E-state index in [-0.39, 0.29) is 53.3 Å². The molecule has 2 aromatic rings. The molecule has 16 heteroatoms. The summed E-state index contributed by atoms with van der Waals surface area (Å²) >= 11 is 1.07. The summed E-state index contributed by atoms with van der Waals surface area (Å²) in [7, 11) is 0. The first-order valence-corrected chi connectivity index (χ1v) is 18.2. The number of fused-ring (bicyclic) bond motifs is 2. The Morgan fingerprint density at radius 1 is 0.962 bits per heavy atom. The van der Waals surface area contributed by atoms with Crippen LogP contribution >= 0.6 is 11.3 Å². The summed E-state index contributed by atoms with van der Waals surface area (Å²) in [6, 6.07) is 1.13. The average Bonchev–Trinajstić information content (AvgIpc) is 3.71. The first-order valence-electron chi connectivity index (χ1n) is 17.4. The van der Waals surface area contributed by atoms with Gasteiger partial charge in [-0.2, -0.15) is 0 Å². The smallest absolute Gasteiger partial charge is 0.251 e. The topological polar surface area (TPSA) is 263 Å². The SMILES string of the molecule is CC(C)C[C@H](NC(=O)[C@@H](N)CC1=CNC2C=CC=CC12)C(=O)N[C@@H](CCCN=C(N)N)C(=O)c1nc2ccc(C(=O)N[C@H](C(N)=O)C(C)C)cc2s1. The van der Waals surface area contributed by atoms with Gasteiger partial charge in [0, 0.05) is 18.0 Å². The number of thiazole rings is 1. The number of hydrogen-bond donors (Lipinski definition) is 8. The van der Waals surface area contributed by atoms with Crippen LogP contribution in [0.2, 0.25) is 0 Å². The third-order valence-electron chi connectivity index (χ3n) is 8.86. The maximum atomic E-state index is 14.0. The Morgan fingerprint density at radius 2 is 1.67 bits per heavy atom. The lowest BCUT2D eigenvalue weighted by Crippen LogP contribution is -2.55. The number of aromatic nitrogens is 1. The molecule has 52 heavy (non-hydrogen) atoms. The summed E-state index contributed by atoms with van der Waals surface area (Å²) in [5, 5.41) is 11.7. The number of hydrogen-bond acceptors (Lipinski definition) is 10. The van der Waals surface area contributed by atoms with Crippen LogP contribution in [0.25, 0.3) is 10.2 Å². The van der Waals surface area contributed by atoms with Gasteiger partial charge < -0.3 is 44.2 Å². The first kappa shape index (κ1) is 39.7. The summed E-state index contributed by atoms with van der Waals surface area (Å²) in [5.41, 5.74) is 24.5. The van der Waals surface area contributed by atoms with Crippen molar-refractivity contribution in [1.29, 1.82) is 0 Å². The van der Waals surface area contributed by atoms with Gasteiger partial charge in [-0.05, 0) is 67.5 Å². The van der Waals surface area contributed by atoms with E-state index in [2.05, 4.69) is 43.4 Å². The van der Waals surface area contributed by atoms with Gasteiger partial charge in [0.05, 0.1) is 28.3 Å². The normalized spacial score (nSPS) is 18.5. The van der Waals surface area contributed by atoms with Gasteiger partial charge in [0.25, 0.3) is 5.91 Å². The number of aliphatic imine (C=N–C) groups is 1. The van der Waals surface area contributed by atoms with Gasteiger partial charge in [0.15, 0.2) is 11.0 Å². The number of ketones is 1. The standard InChI is InChI=1S/C36H50N10O5S/c1-18(2)14-27(44-33(50)23(37)15-21-17-42-24-9-6-5-8-22(21)24)34(51)43-26(10-7-13-41-36(39)40)30(47)35-45-25-12-11-20(16-28(25)52-35)32(49)46-29(19(3)4)31(38)48/h5-6,8-9,11-12,16-19,22-24,26-27,29,42H,7,10,13-15,37H2,1-4H3,(H2,38,48)(H,43,51)(H,44,50)(H,46,49)(H4,39,40,41)/t22?,23-,24?,26-,27-,29-/m0/s1. The predicted molar refractivity (Wildman–Crippen MR) is 202 cm³/mol. The molecule has 0 saturated heterocycles. The number of rotatable bonds is 18. The van der Waals surface area contributed by atoms with Crippen LogP contribution in [-0.2, 0) is 14.4 Å². The zero-order valence-electron chi connectivity index (χ0n) is 29.9. The van der Waals surface area contributed by atoms with E-state index < -0.39 is 53.6 Å². The van der Waals surface area contributed by atoms with Crippen LogP contribution in [0.4, 0.5) is 0 Å². The minimum atomic E-state index is -1.02. The van der Waals surface area contributed by atoms with Crippen molar-refractivity contribution in [2.24, 2.45) is 45.7 Å². The van der Waals surface area contributed by atoms with Crippen molar-refractivity contribution in [3.05, 3.63) is 64.8 Å². The van der Waals surface area contributed by atoms with Crippen LogP contribution in [0.3, 0.4) is 0 Å². The van der Waals surface area contributed by atoms with Gasteiger partial charge in [-0.25, -0.2) is 4.98 Å². The molecule has 1 aromatic heterocycles. The number of nitrogens with one attached hydrogen (secondary N) is 4. The minimum absolute atomic E-state index is 0.0272. The van der Waals surface area contributed by atoms with Crippen molar-refractivity contribution in [3.63, 3.8) is 0 Å². The summed E-state index contributed by atoms with van der Waals surface area (Å²) in [6.45, 7) is 7.62. The van der Waals surface area contributed by atoms with Gasteiger partial charge >= 0.3 is 0 Å². The van der Waals surface area contributed by atoms with Crippen molar-refractivity contribution in [2.75, 3.05) is 6.54 Å². The number of Topliss-reactive ketones (excluding diaryl/α,β-unsaturated/α-hetero) is 1. The largest absolute Gasteiger partial charge is 0.384 e. The summed E-state index contributed by atoms with van der Waals surface area (Å²) < 4.78 is 0.555. The fourth-order valence-electron chi connectivity index (χ4n) is 6.10. The molecule has 6 atom stereocenters. The van der Waals surface area contributed by atoms with Gasteiger partial charge in [0.2, 0.25) is 23.5 Å². The average molecular weight is 735 g/mol. The van der Waals surface area contributed by atoms with Gasteiger partial charge in [-0.3, -0.25) is 29.0 Å². The molecule has 4 amide bonds. The van der Waals surface area contributed by atoms with Crippen molar-refractivity contribution in [2.45, 2.75) is 83.6 Å². The molecule has 4 rings (SSSR count). The number of carbonyl (C=O) groups is 5. The quantitative estimate of drug-likeness (QED) is 0.0468. The lowest BCUT2D eigenvalue weighted by Gasteiger charge is -2.25. The molecule has 2 aliphatic rings. The highest BCUT2D eigenvalue weighted by Crippen LogP contribution is 2.29. The number of primary amides is 1. The second kappa shape index (κ2) is 17.9. The Balaban J connectivity index is 1.50. The number of allylic oxidation sites excluding steroid dienone is 2. The molecule has 0 bridgehead atoms. The van der Waals surface area contributed by atoms with Gasteiger partial charge in [-0.15, -0.1) is 11.3 Å². The molecule has 0 fully saturated rings.